The number of para-hydroxylation sites is 1. The Morgan fingerprint density at radius 2 is 1.52 bits per heavy atom. The molecule has 0 aliphatic carbocycles. The number of H-pyrrole nitrogens is 1. The Kier molecular flexibility index (Phi) is 10.2. The third kappa shape index (κ3) is 8.20. The van der Waals surface area contributed by atoms with Crippen LogP contribution in [0.15, 0.2) is 113 Å². The standard InChI is InChI=1S/C34H36N6O6S2/c1-39(2)21-20-35-31(41)23-40(47(3,43)44)27-16-14-25(15-17-27)36-33(24-10-6-4-7-11-24)32-29-22-28(18-19-30(29)37-34(32)42)48(45,46)38-26-12-8-5-9-13-26/h4-19,22,37-38,42H,20-21,23H2,1-3H3,(H,35,41). The quantitative estimate of drug-likeness (QED) is 0.134. The summed E-state index contributed by atoms with van der Waals surface area (Å²) in [5, 5.41) is 14.3. The molecule has 0 radical (unpaired) electrons. The predicted molar refractivity (Wildman–Crippen MR) is 189 cm³/mol. The third-order valence-electron chi connectivity index (χ3n) is 7.32. The maximum atomic E-state index is 13.3. The van der Waals surface area contributed by atoms with Crippen LogP contribution >= 0.6 is 0 Å². The van der Waals surface area contributed by atoms with Gasteiger partial charge in [0.05, 0.1) is 33.8 Å². The van der Waals surface area contributed by atoms with Gasteiger partial charge >= 0.3 is 0 Å². The van der Waals surface area contributed by atoms with Crippen LogP contribution in [0.25, 0.3) is 10.9 Å². The van der Waals surface area contributed by atoms with Gasteiger partial charge in [-0.05, 0) is 68.7 Å². The Balaban J connectivity index is 1.53. The van der Waals surface area contributed by atoms with Gasteiger partial charge in [0.2, 0.25) is 15.9 Å². The second kappa shape index (κ2) is 14.3. The van der Waals surface area contributed by atoms with E-state index in [0.717, 1.165) is 10.6 Å². The number of nitrogens with zero attached hydrogens (tertiary/aromatic N) is 3. The smallest absolute Gasteiger partial charge is 0.261 e. The summed E-state index contributed by atoms with van der Waals surface area (Å²) < 4.78 is 55.5. The van der Waals surface area contributed by atoms with Crippen LogP contribution in [0.2, 0.25) is 0 Å². The Morgan fingerprint density at radius 1 is 0.875 bits per heavy atom. The molecule has 1 amide bonds. The molecule has 4 N–H and O–H groups in total. The highest BCUT2D eigenvalue weighted by Crippen LogP contribution is 2.34. The number of aromatic amines is 1. The number of hydrogen-bond acceptors (Lipinski definition) is 8. The van der Waals surface area contributed by atoms with Crippen molar-refractivity contribution < 1.29 is 26.7 Å². The van der Waals surface area contributed by atoms with Gasteiger partial charge < -0.3 is 20.3 Å². The second-order valence-corrected chi connectivity index (χ2v) is 14.9. The summed E-state index contributed by atoms with van der Waals surface area (Å²) in [5.41, 5.74) is 2.86. The van der Waals surface area contributed by atoms with Crippen molar-refractivity contribution in [1.82, 2.24) is 15.2 Å². The number of benzene rings is 4. The average Bonchev–Trinajstić information content (AvgIpc) is 3.37. The normalized spacial score (nSPS) is 12.3. The van der Waals surface area contributed by atoms with Crippen molar-refractivity contribution in [1.29, 1.82) is 0 Å². The zero-order chi connectivity index (χ0) is 34.5. The van der Waals surface area contributed by atoms with Crippen LogP contribution in [0.5, 0.6) is 5.88 Å². The fraction of sp³-hybridized carbons (Fsp3) is 0.176. The van der Waals surface area contributed by atoms with E-state index < -0.39 is 32.5 Å². The van der Waals surface area contributed by atoms with Crippen molar-refractivity contribution in [3.05, 3.63) is 114 Å². The van der Waals surface area contributed by atoms with Crippen molar-refractivity contribution in [2.45, 2.75) is 4.90 Å². The van der Waals surface area contributed by atoms with Crippen LogP contribution in [-0.2, 0) is 24.8 Å². The average molecular weight is 689 g/mol. The van der Waals surface area contributed by atoms with Crippen LogP contribution in [0.1, 0.15) is 11.1 Å². The van der Waals surface area contributed by atoms with Gasteiger partial charge in [-0.15, -0.1) is 0 Å². The summed E-state index contributed by atoms with van der Waals surface area (Å²) in [7, 11) is -4.04. The number of aliphatic imine (C=N–C) groups is 1. The molecule has 0 spiro atoms. The minimum Gasteiger partial charge on any atom is -0.494 e. The molecule has 0 saturated heterocycles. The van der Waals surface area contributed by atoms with E-state index in [1.165, 1.54) is 12.1 Å². The molecule has 14 heteroatoms. The Morgan fingerprint density at radius 3 is 2.15 bits per heavy atom. The summed E-state index contributed by atoms with van der Waals surface area (Å²) in [6.45, 7) is 0.587. The van der Waals surface area contributed by atoms with E-state index in [9.17, 15) is 26.7 Å². The fourth-order valence-electron chi connectivity index (χ4n) is 4.97. The minimum absolute atomic E-state index is 0.0116. The lowest BCUT2D eigenvalue weighted by molar-refractivity contribution is -0.119. The van der Waals surface area contributed by atoms with Gasteiger partial charge in [-0.25, -0.2) is 21.8 Å². The Hall–Kier alpha value is -5.18. The first-order chi connectivity index (χ1) is 22.8. The molecule has 0 bridgehead atoms. The van der Waals surface area contributed by atoms with Crippen LogP contribution in [0, 0.1) is 0 Å². The van der Waals surface area contributed by atoms with Crippen molar-refractivity contribution >= 4 is 59.6 Å². The number of amides is 1. The van der Waals surface area contributed by atoms with E-state index in [-0.39, 0.29) is 22.0 Å². The molecule has 0 aliphatic rings. The molecule has 48 heavy (non-hydrogen) atoms. The van der Waals surface area contributed by atoms with E-state index in [0.29, 0.717) is 46.6 Å². The number of hydrogen-bond donors (Lipinski definition) is 4. The molecule has 0 unspecified atom stereocenters. The van der Waals surface area contributed by atoms with Gasteiger partial charge in [0.1, 0.15) is 6.54 Å². The molecule has 4 aromatic carbocycles. The lowest BCUT2D eigenvalue weighted by Gasteiger charge is -2.22. The van der Waals surface area contributed by atoms with Gasteiger partial charge in [0.15, 0.2) is 5.88 Å². The molecule has 0 fully saturated rings. The first-order valence-electron chi connectivity index (χ1n) is 14.9. The number of aromatic nitrogens is 1. The second-order valence-electron chi connectivity index (χ2n) is 11.3. The van der Waals surface area contributed by atoms with E-state index in [1.807, 2.05) is 49.3 Å². The van der Waals surface area contributed by atoms with Gasteiger partial charge in [-0.1, -0.05) is 48.5 Å². The number of sulfonamides is 2. The topological polar surface area (TPSA) is 164 Å². The largest absolute Gasteiger partial charge is 0.494 e. The molecule has 1 heterocycles. The fourth-order valence-corrected chi connectivity index (χ4v) is 6.91. The number of nitrogens with one attached hydrogen (secondary N) is 3. The molecule has 5 aromatic rings. The van der Waals surface area contributed by atoms with Crippen molar-refractivity contribution in [2.75, 3.05) is 49.0 Å². The molecular weight excluding hydrogens is 653 g/mol. The third-order valence-corrected chi connectivity index (χ3v) is 9.84. The maximum absolute atomic E-state index is 13.3. The monoisotopic (exact) mass is 688 g/mol. The van der Waals surface area contributed by atoms with Crippen molar-refractivity contribution in [3.8, 4) is 5.88 Å². The van der Waals surface area contributed by atoms with Gasteiger partial charge in [0.25, 0.3) is 10.0 Å². The minimum atomic E-state index is -3.97. The van der Waals surface area contributed by atoms with Crippen LogP contribution in [-0.4, -0.2) is 83.4 Å². The maximum Gasteiger partial charge on any atom is 0.261 e. The van der Waals surface area contributed by atoms with Gasteiger partial charge in [-0.2, -0.15) is 0 Å². The molecule has 0 aliphatic heterocycles. The molecule has 1 aromatic heterocycles. The predicted octanol–water partition coefficient (Wildman–Crippen LogP) is 4.29. The summed E-state index contributed by atoms with van der Waals surface area (Å²) in [6.07, 6.45) is 1.03. The number of anilines is 2. The summed E-state index contributed by atoms with van der Waals surface area (Å²) in [6, 6.07) is 28.4. The highest BCUT2D eigenvalue weighted by Gasteiger charge is 2.23. The SMILES string of the molecule is CN(C)CCNC(=O)CN(c1ccc(N=C(c2ccccc2)c2c(O)[nH]c3ccc(S(=O)(=O)Nc4ccccc4)cc23)cc1)S(C)(=O)=O. The highest BCUT2D eigenvalue weighted by molar-refractivity contribution is 7.92. The van der Waals surface area contributed by atoms with E-state index in [1.54, 1.807) is 60.7 Å². The van der Waals surface area contributed by atoms with Gasteiger partial charge in [0, 0.05) is 35.2 Å². The molecule has 5 rings (SSSR count). The number of likely N-dealkylation sites (N-methyl/N-ethyl adjacent to an activating group) is 1. The Labute approximate surface area is 279 Å². The molecule has 250 valence electrons. The highest BCUT2D eigenvalue weighted by atomic mass is 32.2. The molecule has 12 nitrogen and oxygen atoms in total. The first kappa shape index (κ1) is 34.2. The Bertz CT molecular complexity index is 2150. The summed E-state index contributed by atoms with van der Waals surface area (Å²) in [4.78, 5) is 22.2. The lowest BCUT2D eigenvalue weighted by Crippen LogP contribution is -2.42. The summed E-state index contributed by atoms with van der Waals surface area (Å²) in [5.74, 6) is -0.649. The van der Waals surface area contributed by atoms with Crippen molar-refractivity contribution in [2.24, 2.45) is 4.99 Å². The number of rotatable bonds is 13. The number of fused-ring (bicyclic) bond motifs is 1. The lowest BCUT2D eigenvalue weighted by atomic mass is 10.0. The van der Waals surface area contributed by atoms with Crippen LogP contribution in [0.3, 0.4) is 0 Å². The molecular formula is C34H36N6O6S2. The van der Waals surface area contributed by atoms with Crippen LogP contribution < -0.4 is 14.3 Å². The zero-order valence-electron chi connectivity index (χ0n) is 26.6. The number of carbonyl (C=O) groups is 1. The van der Waals surface area contributed by atoms with E-state index >= 15 is 0 Å². The van der Waals surface area contributed by atoms with E-state index in [2.05, 4.69) is 15.0 Å². The molecule has 0 saturated carbocycles. The van der Waals surface area contributed by atoms with Crippen molar-refractivity contribution in [3.63, 3.8) is 0 Å². The number of carbonyl (C=O) groups excluding carboxylic acids is 1. The number of aromatic hydroxyl groups is 1. The summed E-state index contributed by atoms with van der Waals surface area (Å²) >= 11 is 0. The van der Waals surface area contributed by atoms with Crippen LogP contribution in [0.4, 0.5) is 17.1 Å². The zero-order valence-corrected chi connectivity index (χ0v) is 28.2. The first-order valence-corrected chi connectivity index (χ1v) is 18.2. The van der Waals surface area contributed by atoms with E-state index in [4.69, 9.17) is 4.99 Å². The van der Waals surface area contributed by atoms with Gasteiger partial charge in [-0.3, -0.25) is 13.8 Å². The molecule has 0 atom stereocenters.